The van der Waals surface area contributed by atoms with Gasteiger partial charge in [-0.3, -0.25) is 14.9 Å². The first-order valence-corrected chi connectivity index (χ1v) is 6.53. The van der Waals surface area contributed by atoms with E-state index in [4.69, 9.17) is 0 Å². The highest BCUT2D eigenvalue weighted by Crippen LogP contribution is 2.64. The molecule has 4 unspecified atom stereocenters. The maximum Gasteiger partial charge on any atom is 0.231 e. The fourth-order valence-electron chi connectivity index (χ4n) is 4.44. The molecule has 0 radical (unpaired) electrons. The second kappa shape index (κ2) is 3.31. The molecular weight excluding hydrogens is 202 g/mol. The molecule has 0 spiro atoms. The summed E-state index contributed by atoms with van der Waals surface area (Å²) in [6.45, 7) is 2.19. The third kappa shape index (κ3) is 1.14. The summed E-state index contributed by atoms with van der Waals surface area (Å²) in [5, 5.41) is 2.54. The van der Waals surface area contributed by atoms with E-state index >= 15 is 0 Å². The topological polar surface area (TPSA) is 46.2 Å². The molecule has 16 heavy (non-hydrogen) atoms. The molecular formula is C13H19NO2. The first-order chi connectivity index (χ1) is 7.68. The lowest BCUT2D eigenvalue weighted by molar-refractivity contribution is -0.127. The Labute approximate surface area is 96.0 Å². The smallest absolute Gasteiger partial charge is 0.231 e. The van der Waals surface area contributed by atoms with Gasteiger partial charge in [-0.1, -0.05) is 19.8 Å². The van der Waals surface area contributed by atoms with Crippen molar-refractivity contribution in [2.45, 2.75) is 45.4 Å². The van der Waals surface area contributed by atoms with Gasteiger partial charge in [-0.15, -0.1) is 0 Å². The van der Waals surface area contributed by atoms with E-state index in [1.54, 1.807) is 0 Å². The van der Waals surface area contributed by atoms with Gasteiger partial charge in [0.15, 0.2) is 0 Å². The van der Waals surface area contributed by atoms with Crippen molar-refractivity contribution in [3.05, 3.63) is 0 Å². The number of fused-ring (bicyclic) bond motifs is 5. The fourth-order valence-corrected chi connectivity index (χ4v) is 4.44. The molecule has 1 saturated heterocycles. The minimum absolute atomic E-state index is 0.0121. The van der Waals surface area contributed by atoms with Crippen molar-refractivity contribution in [1.82, 2.24) is 5.32 Å². The van der Waals surface area contributed by atoms with Crippen molar-refractivity contribution in [3.8, 4) is 0 Å². The third-order valence-electron chi connectivity index (χ3n) is 5.07. The van der Waals surface area contributed by atoms with Crippen molar-refractivity contribution >= 4 is 11.8 Å². The summed E-state index contributed by atoms with van der Waals surface area (Å²) in [4.78, 5) is 23.6. The number of hydrogen-bond acceptors (Lipinski definition) is 2. The summed E-state index contributed by atoms with van der Waals surface area (Å²) >= 11 is 0. The lowest BCUT2D eigenvalue weighted by atomic mass is 9.69. The summed E-state index contributed by atoms with van der Waals surface area (Å²) in [7, 11) is 0. The maximum atomic E-state index is 11.9. The molecule has 1 N–H and O–H groups in total. The predicted octanol–water partition coefficient (Wildman–Crippen LogP) is 1.87. The van der Waals surface area contributed by atoms with Crippen LogP contribution < -0.4 is 5.32 Å². The van der Waals surface area contributed by atoms with Gasteiger partial charge in [0.25, 0.3) is 0 Å². The molecule has 2 aliphatic carbocycles. The van der Waals surface area contributed by atoms with Crippen LogP contribution >= 0.6 is 0 Å². The Balaban J connectivity index is 1.90. The van der Waals surface area contributed by atoms with Crippen molar-refractivity contribution in [2.24, 2.45) is 23.2 Å². The average Bonchev–Trinajstić information content (AvgIpc) is 2.88. The van der Waals surface area contributed by atoms with Crippen LogP contribution in [0.25, 0.3) is 0 Å². The minimum atomic E-state index is 0.0121. The van der Waals surface area contributed by atoms with Gasteiger partial charge in [-0.05, 0) is 37.0 Å². The van der Waals surface area contributed by atoms with Gasteiger partial charge >= 0.3 is 0 Å². The second-order valence-corrected chi connectivity index (χ2v) is 5.83. The fraction of sp³-hybridized carbons (Fsp3) is 0.846. The molecule has 3 heteroatoms. The van der Waals surface area contributed by atoms with Crippen LogP contribution in [0.4, 0.5) is 0 Å². The largest absolute Gasteiger partial charge is 0.296 e. The summed E-state index contributed by atoms with van der Waals surface area (Å²) in [6.07, 6.45) is 6.96. The lowest BCUT2D eigenvalue weighted by Gasteiger charge is -2.33. The monoisotopic (exact) mass is 221 g/mol. The Hall–Kier alpha value is -0.860. The van der Waals surface area contributed by atoms with E-state index in [0.29, 0.717) is 5.92 Å². The standard InChI is InChI=1S/C13H19NO2/c1-2-3-5-13-6-4-8(7-13)9-10(13)12(16)14-11(9)15/h8-10H,2-7H2,1H3,(H,14,15,16). The molecule has 4 atom stereocenters. The highest BCUT2D eigenvalue weighted by Gasteiger charge is 2.64. The third-order valence-corrected chi connectivity index (χ3v) is 5.07. The van der Waals surface area contributed by atoms with Crippen LogP contribution in [0.1, 0.15) is 45.4 Å². The van der Waals surface area contributed by atoms with Gasteiger partial charge in [-0.25, -0.2) is 0 Å². The molecule has 3 aliphatic rings. The van der Waals surface area contributed by atoms with Gasteiger partial charge in [0, 0.05) is 0 Å². The van der Waals surface area contributed by atoms with Gasteiger partial charge in [-0.2, -0.15) is 0 Å². The van der Waals surface area contributed by atoms with Crippen LogP contribution in [0.3, 0.4) is 0 Å². The number of nitrogens with one attached hydrogen (secondary N) is 1. The van der Waals surface area contributed by atoms with Crippen molar-refractivity contribution in [3.63, 3.8) is 0 Å². The SMILES string of the molecule is CCCCC12CCC(C1)C1C(=O)NC(=O)C12. The minimum Gasteiger partial charge on any atom is -0.296 e. The van der Waals surface area contributed by atoms with E-state index < -0.39 is 0 Å². The van der Waals surface area contributed by atoms with Gasteiger partial charge in [0.2, 0.25) is 11.8 Å². The maximum absolute atomic E-state index is 11.9. The van der Waals surface area contributed by atoms with E-state index in [2.05, 4.69) is 12.2 Å². The summed E-state index contributed by atoms with van der Waals surface area (Å²) in [5.74, 6) is 0.572. The molecule has 0 aromatic heterocycles. The molecule has 1 heterocycles. The molecule has 3 nitrogen and oxygen atoms in total. The predicted molar refractivity (Wildman–Crippen MR) is 59.4 cm³/mol. The first-order valence-electron chi connectivity index (χ1n) is 6.53. The van der Waals surface area contributed by atoms with E-state index in [9.17, 15) is 9.59 Å². The molecule has 0 aromatic carbocycles. The number of amides is 2. The van der Waals surface area contributed by atoms with Gasteiger partial charge in [0.1, 0.15) is 0 Å². The second-order valence-electron chi connectivity index (χ2n) is 5.83. The first kappa shape index (κ1) is 10.3. The Bertz CT molecular complexity index is 352. The highest BCUT2D eigenvalue weighted by molar-refractivity contribution is 6.06. The average molecular weight is 221 g/mol. The van der Waals surface area contributed by atoms with Crippen LogP contribution in [-0.2, 0) is 9.59 Å². The van der Waals surface area contributed by atoms with Gasteiger partial charge < -0.3 is 0 Å². The van der Waals surface area contributed by atoms with Crippen LogP contribution in [0.5, 0.6) is 0 Å². The number of unbranched alkanes of at least 4 members (excludes halogenated alkanes) is 1. The number of carbonyl (C=O) groups excluding carboxylic acids is 2. The van der Waals surface area contributed by atoms with E-state index in [1.165, 1.54) is 19.3 Å². The molecule has 3 rings (SSSR count). The Morgan fingerprint density at radius 1 is 1.38 bits per heavy atom. The van der Waals surface area contributed by atoms with Gasteiger partial charge in [0.05, 0.1) is 11.8 Å². The van der Waals surface area contributed by atoms with Crippen LogP contribution in [-0.4, -0.2) is 11.8 Å². The molecule has 1 aliphatic heterocycles. The molecule has 2 saturated carbocycles. The Kier molecular flexibility index (Phi) is 2.13. The zero-order valence-corrected chi connectivity index (χ0v) is 9.79. The number of carbonyl (C=O) groups is 2. The summed E-state index contributed by atoms with van der Waals surface area (Å²) in [6, 6.07) is 0. The molecule has 88 valence electrons. The van der Waals surface area contributed by atoms with Crippen molar-refractivity contribution in [2.75, 3.05) is 0 Å². The van der Waals surface area contributed by atoms with Crippen LogP contribution in [0, 0.1) is 23.2 Å². The Morgan fingerprint density at radius 3 is 2.94 bits per heavy atom. The zero-order chi connectivity index (χ0) is 11.3. The lowest BCUT2D eigenvalue weighted by Crippen LogP contribution is -2.34. The molecule has 2 amide bonds. The van der Waals surface area contributed by atoms with E-state index in [0.717, 1.165) is 19.3 Å². The Morgan fingerprint density at radius 2 is 2.19 bits per heavy atom. The number of rotatable bonds is 3. The quantitative estimate of drug-likeness (QED) is 0.739. The normalized spacial score (nSPS) is 44.9. The summed E-state index contributed by atoms with van der Waals surface area (Å²) < 4.78 is 0. The number of imide groups is 1. The molecule has 3 fully saturated rings. The van der Waals surface area contributed by atoms with Crippen molar-refractivity contribution < 1.29 is 9.59 Å². The zero-order valence-electron chi connectivity index (χ0n) is 9.79. The number of hydrogen-bond donors (Lipinski definition) is 1. The summed E-state index contributed by atoms with van der Waals surface area (Å²) in [5.41, 5.74) is 0.182. The molecule has 2 bridgehead atoms. The van der Waals surface area contributed by atoms with E-state index in [1.807, 2.05) is 0 Å². The molecule has 0 aromatic rings. The van der Waals surface area contributed by atoms with Crippen LogP contribution in [0.15, 0.2) is 0 Å². The van der Waals surface area contributed by atoms with Crippen molar-refractivity contribution in [1.29, 1.82) is 0 Å². The van der Waals surface area contributed by atoms with Crippen LogP contribution in [0.2, 0.25) is 0 Å². The highest BCUT2D eigenvalue weighted by atomic mass is 16.2. The van der Waals surface area contributed by atoms with E-state index in [-0.39, 0.29) is 29.1 Å².